The molecule has 2 rings (SSSR count). The van der Waals surface area contributed by atoms with Crippen molar-refractivity contribution in [3.05, 3.63) is 29.8 Å². The van der Waals surface area contributed by atoms with Crippen LogP contribution in [0.4, 0.5) is 5.69 Å². The van der Waals surface area contributed by atoms with Gasteiger partial charge in [-0.05, 0) is 62.9 Å². The Morgan fingerprint density at radius 3 is 2.67 bits per heavy atom. The van der Waals surface area contributed by atoms with Gasteiger partial charge in [-0.3, -0.25) is 4.79 Å². The summed E-state index contributed by atoms with van der Waals surface area (Å²) in [6.45, 7) is 5.51. The highest BCUT2D eigenvalue weighted by Gasteiger charge is 2.14. The lowest BCUT2D eigenvalue weighted by atomic mass is 9.93. The fraction of sp³-hybridized carbons (Fsp3) is 0.588. The van der Waals surface area contributed by atoms with Crippen LogP contribution in [0.5, 0.6) is 0 Å². The van der Waals surface area contributed by atoms with Crippen LogP contribution in [-0.4, -0.2) is 25.6 Å². The Labute approximate surface area is 127 Å². The van der Waals surface area contributed by atoms with Gasteiger partial charge in [0.15, 0.2) is 0 Å². The highest BCUT2D eigenvalue weighted by atomic mass is 16.5. The number of hydrogen-bond acceptors (Lipinski definition) is 3. The van der Waals surface area contributed by atoms with E-state index in [4.69, 9.17) is 4.74 Å². The van der Waals surface area contributed by atoms with E-state index >= 15 is 0 Å². The molecule has 1 fully saturated rings. The summed E-state index contributed by atoms with van der Waals surface area (Å²) < 4.78 is 5.35. The molecule has 1 aliphatic heterocycles. The lowest BCUT2D eigenvalue weighted by Gasteiger charge is -2.22. The van der Waals surface area contributed by atoms with E-state index in [1.807, 2.05) is 31.2 Å². The largest absolute Gasteiger partial charge is 0.377 e. The highest BCUT2D eigenvalue weighted by Crippen LogP contribution is 2.18. The van der Waals surface area contributed by atoms with Gasteiger partial charge in [0.05, 0.1) is 6.61 Å². The van der Waals surface area contributed by atoms with E-state index < -0.39 is 0 Å². The van der Waals surface area contributed by atoms with Gasteiger partial charge in [0.2, 0.25) is 5.91 Å². The second-order valence-corrected chi connectivity index (χ2v) is 5.61. The molecule has 1 amide bonds. The van der Waals surface area contributed by atoms with Gasteiger partial charge in [-0.25, -0.2) is 0 Å². The normalized spacial score (nSPS) is 15.9. The van der Waals surface area contributed by atoms with Gasteiger partial charge in [0.25, 0.3) is 0 Å². The first-order valence-electron chi connectivity index (χ1n) is 7.95. The molecule has 116 valence electrons. The average Bonchev–Trinajstić information content (AvgIpc) is 2.53. The maximum absolute atomic E-state index is 12.0. The zero-order chi connectivity index (χ0) is 14.9. The molecule has 1 heterocycles. The topological polar surface area (TPSA) is 50.4 Å². The van der Waals surface area contributed by atoms with Crippen molar-refractivity contribution in [1.29, 1.82) is 0 Å². The van der Waals surface area contributed by atoms with Crippen molar-refractivity contribution in [2.45, 2.75) is 39.2 Å². The molecule has 0 aromatic heterocycles. The zero-order valence-electron chi connectivity index (χ0n) is 12.9. The molecular formula is C17H26N2O2. The first-order chi connectivity index (χ1) is 10.3. The fourth-order valence-electron chi connectivity index (χ4n) is 2.63. The van der Waals surface area contributed by atoms with Crippen molar-refractivity contribution in [1.82, 2.24) is 5.32 Å². The van der Waals surface area contributed by atoms with Crippen LogP contribution in [0.1, 0.15) is 38.2 Å². The quantitative estimate of drug-likeness (QED) is 0.812. The molecule has 0 spiro atoms. The van der Waals surface area contributed by atoms with Gasteiger partial charge in [0, 0.05) is 18.7 Å². The number of nitrogens with one attached hydrogen (secondary N) is 2. The number of amides is 1. The summed E-state index contributed by atoms with van der Waals surface area (Å²) in [5, 5.41) is 6.32. The molecule has 0 aliphatic carbocycles. The van der Waals surface area contributed by atoms with E-state index in [2.05, 4.69) is 10.6 Å². The highest BCUT2D eigenvalue weighted by molar-refractivity contribution is 5.90. The lowest BCUT2D eigenvalue weighted by molar-refractivity contribution is -0.116. The maximum atomic E-state index is 12.0. The predicted molar refractivity (Wildman–Crippen MR) is 85.2 cm³/mol. The number of piperidine rings is 1. The Morgan fingerprint density at radius 1 is 1.29 bits per heavy atom. The van der Waals surface area contributed by atoms with Crippen molar-refractivity contribution in [2.24, 2.45) is 5.92 Å². The summed E-state index contributed by atoms with van der Waals surface area (Å²) in [4.78, 5) is 12.0. The van der Waals surface area contributed by atoms with Crippen LogP contribution in [0.2, 0.25) is 0 Å². The number of rotatable bonds is 7. The van der Waals surface area contributed by atoms with Crippen molar-refractivity contribution >= 4 is 11.6 Å². The molecule has 0 atom stereocenters. The van der Waals surface area contributed by atoms with Gasteiger partial charge in [-0.2, -0.15) is 0 Å². The van der Waals surface area contributed by atoms with Gasteiger partial charge >= 0.3 is 0 Å². The first kappa shape index (κ1) is 16.0. The molecule has 0 saturated carbocycles. The Kier molecular flexibility index (Phi) is 6.70. The van der Waals surface area contributed by atoms with Crippen LogP contribution in [0.25, 0.3) is 0 Å². The summed E-state index contributed by atoms with van der Waals surface area (Å²) in [6.07, 6.45) is 4.00. The van der Waals surface area contributed by atoms with Gasteiger partial charge in [-0.15, -0.1) is 0 Å². The lowest BCUT2D eigenvalue weighted by Crippen LogP contribution is -2.28. The monoisotopic (exact) mass is 290 g/mol. The Hall–Kier alpha value is -1.39. The third-order valence-corrected chi connectivity index (χ3v) is 3.95. The molecule has 21 heavy (non-hydrogen) atoms. The standard InChI is InChI=1S/C17H26N2O2/c1-2-21-13-15-3-6-16(7-4-15)19-17(20)8-5-14-9-11-18-12-10-14/h3-4,6-7,14,18H,2,5,8-13H2,1H3,(H,19,20). The minimum Gasteiger partial charge on any atom is -0.377 e. The SMILES string of the molecule is CCOCc1ccc(NC(=O)CCC2CCNCC2)cc1. The summed E-state index contributed by atoms with van der Waals surface area (Å²) in [5.41, 5.74) is 2.00. The number of carbonyl (C=O) groups excluding carboxylic acids is 1. The number of carbonyl (C=O) groups is 1. The Bertz CT molecular complexity index is 425. The predicted octanol–water partition coefficient (Wildman–Crippen LogP) is 2.94. The van der Waals surface area contributed by atoms with E-state index in [1.165, 1.54) is 12.8 Å². The molecule has 4 heteroatoms. The molecule has 4 nitrogen and oxygen atoms in total. The summed E-state index contributed by atoms with van der Waals surface area (Å²) in [5.74, 6) is 0.816. The van der Waals surface area contributed by atoms with E-state index in [0.29, 0.717) is 18.9 Å². The fourth-order valence-corrected chi connectivity index (χ4v) is 2.63. The van der Waals surface area contributed by atoms with Crippen LogP contribution in [0, 0.1) is 5.92 Å². The molecular weight excluding hydrogens is 264 g/mol. The summed E-state index contributed by atoms with van der Waals surface area (Å²) in [7, 11) is 0. The summed E-state index contributed by atoms with van der Waals surface area (Å²) in [6, 6.07) is 7.88. The van der Waals surface area contributed by atoms with E-state index in [9.17, 15) is 4.79 Å². The maximum Gasteiger partial charge on any atom is 0.224 e. The molecule has 0 unspecified atom stereocenters. The average molecular weight is 290 g/mol. The smallest absolute Gasteiger partial charge is 0.224 e. The second kappa shape index (κ2) is 8.80. The molecule has 0 radical (unpaired) electrons. The minimum absolute atomic E-state index is 0.117. The zero-order valence-corrected chi connectivity index (χ0v) is 12.9. The van der Waals surface area contributed by atoms with E-state index in [-0.39, 0.29) is 5.91 Å². The molecule has 1 aliphatic rings. The molecule has 0 bridgehead atoms. The number of benzene rings is 1. The summed E-state index contributed by atoms with van der Waals surface area (Å²) >= 11 is 0. The van der Waals surface area contributed by atoms with Gasteiger partial charge < -0.3 is 15.4 Å². The van der Waals surface area contributed by atoms with Gasteiger partial charge in [0.1, 0.15) is 0 Å². The van der Waals surface area contributed by atoms with Gasteiger partial charge in [-0.1, -0.05) is 12.1 Å². The van der Waals surface area contributed by atoms with Crippen molar-refractivity contribution in [3.8, 4) is 0 Å². The first-order valence-corrected chi connectivity index (χ1v) is 7.95. The van der Waals surface area contributed by atoms with Crippen LogP contribution in [0.3, 0.4) is 0 Å². The van der Waals surface area contributed by atoms with Crippen molar-refractivity contribution in [3.63, 3.8) is 0 Å². The Morgan fingerprint density at radius 2 is 2.00 bits per heavy atom. The van der Waals surface area contributed by atoms with Crippen molar-refractivity contribution in [2.75, 3.05) is 25.0 Å². The van der Waals surface area contributed by atoms with E-state index in [0.717, 1.165) is 37.4 Å². The minimum atomic E-state index is 0.117. The van der Waals surface area contributed by atoms with Crippen LogP contribution >= 0.6 is 0 Å². The molecule has 1 aromatic rings. The van der Waals surface area contributed by atoms with Crippen LogP contribution in [0.15, 0.2) is 24.3 Å². The molecule has 1 saturated heterocycles. The molecule has 2 N–H and O–H groups in total. The third-order valence-electron chi connectivity index (χ3n) is 3.95. The number of ether oxygens (including phenoxy) is 1. The third kappa shape index (κ3) is 5.86. The molecule has 1 aromatic carbocycles. The van der Waals surface area contributed by atoms with Crippen LogP contribution in [-0.2, 0) is 16.1 Å². The Balaban J connectivity index is 1.71. The number of anilines is 1. The number of hydrogen-bond donors (Lipinski definition) is 2. The van der Waals surface area contributed by atoms with Crippen molar-refractivity contribution < 1.29 is 9.53 Å². The second-order valence-electron chi connectivity index (χ2n) is 5.61. The van der Waals surface area contributed by atoms with Crippen LogP contribution < -0.4 is 10.6 Å². The van der Waals surface area contributed by atoms with E-state index in [1.54, 1.807) is 0 Å².